The van der Waals surface area contributed by atoms with Crippen LogP contribution in [0, 0.1) is 0 Å². The maximum Gasteiger partial charge on any atom is 0.180 e. The zero-order valence-electron chi connectivity index (χ0n) is 15.1. The molecule has 0 bridgehead atoms. The first-order valence-electron chi connectivity index (χ1n) is 8.60. The zero-order valence-corrected chi connectivity index (χ0v) is 15.9. The van der Waals surface area contributed by atoms with E-state index in [1.54, 1.807) is 19.4 Å². The third kappa shape index (κ3) is 3.82. The molecule has 0 saturated heterocycles. The van der Waals surface area contributed by atoms with Gasteiger partial charge in [-0.05, 0) is 34.0 Å². The largest absolute Gasteiger partial charge is 0.493 e. The van der Waals surface area contributed by atoms with Crippen molar-refractivity contribution in [3.05, 3.63) is 83.4 Å². The molecule has 140 valence electrons. The van der Waals surface area contributed by atoms with E-state index in [0.717, 1.165) is 16.5 Å². The fourth-order valence-electron chi connectivity index (χ4n) is 2.91. The van der Waals surface area contributed by atoms with Crippen molar-refractivity contribution in [2.45, 2.75) is 6.61 Å². The molecule has 0 amide bonds. The van der Waals surface area contributed by atoms with Gasteiger partial charge in [-0.15, -0.1) is 10.2 Å². The lowest BCUT2D eigenvalue weighted by Gasteiger charge is -2.14. The standard InChI is InChI=1S/C21H17ClN4O2/c1-27-20-10-15(11-25-26-13-23-24-14-26)9-19(22)21(20)28-12-17-7-4-6-16-5-2-3-8-18(16)17/h2-11,13-14H,12H2,1H3. The van der Waals surface area contributed by atoms with Crippen molar-refractivity contribution >= 4 is 28.6 Å². The van der Waals surface area contributed by atoms with Crippen LogP contribution in [-0.2, 0) is 6.61 Å². The molecule has 28 heavy (non-hydrogen) atoms. The molecule has 1 aromatic heterocycles. The Kier molecular flexibility index (Phi) is 5.21. The van der Waals surface area contributed by atoms with Gasteiger partial charge in [-0.2, -0.15) is 5.10 Å². The molecule has 7 heteroatoms. The molecule has 0 aliphatic rings. The van der Waals surface area contributed by atoms with E-state index in [1.165, 1.54) is 22.7 Å². The third-order valence-corrected chi connectivity index (χ3v) is 4.53. The quantitative estimate of drug-likeness (QED) is 0.451. The van der Waals surface area contributed by atoms with Gasteiger partial charge in [-0.25, -0.2) is 4.68 Å². The van der Waals surface area contributed by atoms with Crippen molar-refractivity contribution in [3.63, 3.8) is 0 Å². The molecule has 0 fully saturated rings. The number of ether oxygens (including phenoxy) is 2. The van der Waals surface area contributed by atoms with Crippen LogP contribution in [0.5, 0.6) is 11.5 Å². The molecule has 0 unspecified atom stereocenters. The van der Waals surface area contributed by atoms with Crippen molar-refractivity contribution in [3.8, 4) is 11.5 Å². The normalized spacial score (nSPS) is 11.2. The van der Waals surface area contributed by atoms with Gasteiger partial charge in [-0.1, -0.05) is 54.1 Å². The lowest BCUT2D eigenvalue weighted by atomic mass is 10.1. The summed E-state index contributed by atoms with van der Waals surface area (Å²) in [6.45, 7) is 0.381. The summed E-state index contributed by atoms with van der Waals surface area (Å²) in [6, 6.07) is 17.9. The third-order valence-electron chi connectivity index (χ3n) is 4.25. The summed E-state index contributed by atoms with van der Waals surface area (Å²) >= 11 is 6.46. The van der Waals surface area contributed by atoms with Gasteiger partial charge >= 0.3 is 0 Å². The van der Waals surface area contributed by atoms with Crippen molar-refractivity contribution < 1.29 is 9.47 Å². The highest BCUT2D eigenvalue weighted by molar-refractivity contribution is 6.32. The van der Waals surface area contributed by atoms with Crippen molar-refractivity contribution in [1.29, 1.82) is 0 Å². The summed E-state index contributed by atoms with van der Waals surface area (Å²) in [7, 11) is 1.58. The molecule has 4 rings (SSSR count). The van der Waals surface area contributed by atoms with Crippen molar-refractivity contribution in [1.82, 2.24) is 14.9 Å². The van der Waals surface area contributed by atoms with Crippen LogP contribution >= 0.6 is 11.6 Å². The predicted molar refractivity (Wildman–Crippen MR) is 109 cm³/mol. The van der Waals surface area contributed by atoms with Gasteiger partial charge in [0, 0.05) is 0 Å². The van der Waals surface area contributed by atoms with Crippen LogP contribution < -0.4 is 9.47 Å². The van der Waals surface area contributed by atoms with Gasteiger partial charge in [0.2, 0.25) is 0 Å². The lowest BCUT2D eigenvalue weighted by molar-refractivity contribution is 0.286. The molecule has 3 aromatic carbocycles. The fraction of sp³-hybridized carbons (Fsp3) is 0.0952. The number of nitrogens with zero attached hydrogens (tertiary/aromatic N) is 4. The second-order valence-corrected chi connectivity index (χ2v) is 6.45. The van der Waals surface area contributed by atoms with E-state index >= 15 is 0 Å². The second-order valence-electron chi connectivity index (χ2n) is 6.05. The summed E-state index contributed by atoms with van der Waals surface area (Å²) in [4.78, 5) is 0. The highest BCUT2D eigenvalue weighted by Crippen LogP contribution is 2.37. The molecule has 0 aliphatic carbocycles. The van der Waals surface area contributed by atoms with Crippen LogP contribution in [0.1, 0.15) is 11.1 Å². The molecular weight excluding hydrogens is 376 g/mol. The van der Waals surface area contributed by atoms with Gasteiger partial charge in [0.15, 0.2) is 11.5 Å². The van der Waals surface area contributed by atoms with E-state index < -0.39 is 0 Å². The SMILES string of the molecule is COc1cc(C=Nn2cnnc2)cc(Cl)c1OCc1cccc2ccccc12. The Morgan fingerprint density at radius 1 is 1.07 bits per heavy atom. The number of fused-ring (bicyclic) bond motifs is 1. The Hall–Kier alpha value is -3.38. The maximum absolute atomic E-state index is 6.46. The lowest BCUT2D eigenvalue weighted by Crippen LogP contribution is -2.00. The first kappa shape index (κ1) is 18.0. The summed E-state index contributed by atoms with van der Waals surface area (Å²) < 4.78 is 13.0. The van der Waals surface area contributed by atoms with E-state index in [4.69, 9.17) is 21.1 Å². The van der Waals surface area contributed by atoms with Crippen LogP contribution in [0.3, 0.4) is 0 Å². The van der Waals surface area contributed by atoms with Crippen LogP contribution in [0.2, 0.25) is 5.02 Å². The molecule has 0 N–H and O–H groups in total. The molecule has 0 saturated carbocycles. The van der Waals surface area contributed by atoms with E-state index in [9.17, 15) is 0 Å². The highest BCUT2D eigenvalue weighted by Gasteiger charge is 2.12. The Bertz CT molecular complexity index is 1120. The summed E-state index contributed by atoms with van der Waals surface area (Å²) in [6.07, 6.45) is 4.64. The van der Waals surface area contributed by atoms with Gasteiger partial charge < -0.3 is 9.47 Å². The Balaban J connectivity index is 1.59. The average Bonchev–Trinajstić information content (AvgIpc) is 3.25. The predicted octanol–water partition coefficient (Wildman–Crippen LogP) is 4.55. The molecule has 4 aromatic rings. The van der Waals surface area contributed by atoms with Gasteiger partial charge in [0.05, 0.1) is 18.3 Å². The summed E-state index contributed by atoms with van der Waals surface area (Å²) in [5.41, 5.74) is 1.85. The fourth-order valence-corrected chi connectivity index (χ4v) is 3.18. The number of benzene rings is 3. The maximum atomic E-state index is 6.46. The molecule has 0 atom stereocenters. The smallest absolute Gasteiger partial charge is 0.180 e. The average molecular weight is 393 g/mol. The number of rotatable bonds is 6. The Morgan fingerprint density at radius 3 is 2.68 bits per heavy atom. The van der Waals surface area contributed by atoms with Crippen LogP contribution in [-0.4, -0.2) is 28.2 Å². The first-order valence-corrected chi connectivity index (χ1v) is 8.98. The monoisotopic (exact) mass is 392 g/mol. The molecule has 0 radical (unpaired) electrons. The van der Waals surface area contributed by atoms with Crippen molar-refractivity contribution in [2.24, 2.45) is 5.10 Å². The number of aromatic nitrogens is 3. The van der Waals surface area contributed by atoms with Crippen molar-refractivity contribution in [2.75, 3.05) is 7.11 Å². The van der Waals surface area contributed by atoms with E-state index in [0.29, 0.717) is 23.1 Å². The van der Waals surface area contributed by atoms with E-state index in [-0.39, 0.29) is 0 Å². The highest BCUT2D eigenvalue weighted by atomic mass is 35.5. The van der Waals surface area contributed by atoms with Gasteiger partial charge in [-0.3, -0.25) is 0 Å². The second kappa shape index (κ2) is 8.10. The summed E-state index contributed by atoms with van der Waals surface area (Å²) in [5, 5.41) is 14.4. The molecule has 0 spiro atoms. The van der Waals surface area contributed by atoms with Crippen LogP contribution in [0.25, 0.3) is 10.8 Å². The van der Waals surface area contributed by atoms with E-state index in [1.807, 2.05) is 30.3 Å². The Morgan fingerprint density at radius 2 is 1.86 bits per heavy atom. The molecule has 0 aliphatic heterocycles. The number of hydrogen-bond acceptors (Lipinski definition) is 5. The minimum atomic E-state index is 0.381. The number of halogens is 1. The topological polar surface area (TPSA) is 61.5 Å². The summed E-state index contributed by atoms with van der Waals surface area (Å²) in [5.74, 6) is 1.04. The van der Waals surface area contributed by atoms with Gasteiger partial charge in [0.1, 0.15) is 19.3 Å². The zero-order chi connectivity index (χ0) is 19.3. The van der Waals surface area contributed by atoms with Crippen LogP contribution in [0.4, 0.5) is 0 Å². The van der Waals surface area contributed by atoms with E-state index in [2.05, 4.69) is 33.5 Å². The number of methoxy groups -OCH3 is 1. The first-order chi connectivity index (χ1) is 13.7. The van der Waals surface area contributed by atoms with Gasteiger partial charge in [0.25, 0.3) is 0 Å². The molecule has 6 nitrogen and oxygen atoms in total. The Labute approximate surface area is 167 Å². The molecule has 1 heterocycles. The number of hydrogen-bond donors (Lipinski definition) is 0. The minimum Gasteiger partial charge on any atom is -0.493 e. The molecular formula is C21H17ClN4O2. The van der Waals surface area contributed by atoms with Crippen LogP contribution in [0.15, 0.2) is 72.4 Å². The minimum absolute atomic E-state index is 0.381.